The van der Waals surface area contributed by atoms with Crippen LogP contribution in [-0.2, 0) is 10.3 Å². The Hall–Kier alpha value is -1.06. The molecular formula is C11H13ClN2O. The Balaban J connectivity index is 2.36. The minimum atomic E-state index is -0.382. The number of rotatable bonds is 1. The minimum Gasteiger partial charge on any atom is -0.386 e. The number of ether oxygens (including phenoxy) is 1. The van der Waals surface area contributed by atoms with Gasteiger partial charge in [-0.3, -0.25) is 4.99 Å². The fourth-order valence-electron chi connectivity index (χ4n) is 1.69. The molecule has 0 saturated carbocycles. The van der Waals surface area contributed by atoms with Gasteiger partial charge in [-0.1, -0.05) is 23.7 Å². The molecule has 1 aromatic rings. The standard InChI is InChI=1S/C11H13ClN2O/c1-11(7-15-6-10(13)14-11)8-2-4-9(12)5-3-8/h2-5H,6-7H2,1H3,(H2,13,14). The maximum atomic E-state index is 5.83. The summed E-state index contributed by atoms with van der Waals surface area (Å²) in [5.74, 6) is 0.540. The van der Waals surface area contributed by atoms with Crippen LogP contribution in [0, 0.1) is 0 Å². The lowest BCUT2D eigenvalue weighted by molar-refractivity contribution is 0.106. The van der Waals surface area contributed by atoms with E-state index in [2.05, 4.69) is 4.99 Å². The molecule has 0 radical (unpaired) electrons. The van der Waals surface area contributed by atoms with Crippen LogP contribution >= 0.6 is 11.6 Å². The molecule has 0 saturated heterocycles. The normalized spacial score (nSPS) is 26.1. The summed E-state index contributed by atoms with van der Waals surface area (Å²) < 4.78 is 5.39. The van der Waals surface area contributed by atoms with Gasteiger partial charge in [-0.2, -0.15) is 0 Å². The van der Waals surface area contributed by atoms with Gasteiger partial charge in [-0.15, -0.1) is 0 Å². The van der Waals surface area contributed by atoms with E-state index in [1.165, 1.54) is 0 Å². The molecule has 0 amide bonds. The number of amidine groups is 1. The third-order valence-corrected chi connectivity index (χ3v) is 2.74. The fourth-order valence-corrected chi connectivity index (χ4v) is 1.82. The molecule has 4 heteroatoms. The van der Waals surface area contributed by atoms with Gasteiger partial charge in [0.05, 0.1) is 6.61 Å². The van der Waals surface area contributed by atoms with E-state index >= 15 is 0 Å². The number of hydrogen-bond acceptors (Lipinski definition) is 3. The Morgan fingerprint density at radius 2 is 2.07 bits per heavy atom. The van der Waals surface area contributed by atoms with Crippen LogP contribution in [0.5, 0.6) is 0 Å². The lowest BCUT2D eigenvalue weighted by Crippen LogP contribution is -2.37. The van der Waals surface area contributed by atoms with E-state index in [0.717, 1.165) is 10.6 Å². The predicted molar refractivity (Wildman–Crippen MR) is 61.2 cm³/mol. The van der Waals surface area contributed by atoms with Crippen molar-refractivity contribution in [3.8, 4) is 0 Å². The van der Waals surface area contributed by atoms with Crippen molar-refractivity contribution in [3.63, 3.8) is 0 Å². The molecule has 2 rings (SSSR count). The quantitative estimate of drug-likeness (QED) is 0.793. The average Bonchev–Trinajstić information content (AvgIpc) is 2.18. The van der Waals surface area contributed by atoms with E-state index < -0.39 is 0 Å². The minimum absolute atomic E-state index is 0.382. The highest BCUT2D eigenvalue weighted by molar-refractivity contribution is 6.30. The summed E-state index contributed by atoms with van der Waals surface area (Å²) in [6, 6.07) is 7.60. The molecule has 0 bridgehead atoms. The molecule has 1 unspecified atom stereocenters. The molecule has 0 fully saturated rings. The van der Waals surface area contributed by atoms with Crippen molar-refractivity contribution in [1.29, 1.82) is 0 Å². The number of aliphatic imine (C=N–C) groups is 1. The summed E-state index contributed by atoms with van der Waals surface area (Å²) in [6.07, 6.45) is 0. The van der Waals surface area contributed by atoms with Gasteiger partial charge in [0.25, 0.3) is 0 Å². The van der Waals surface area contributed by atoms with Gasteiger partial charge >= 0.3 is 0 Å². The van der Waals surface area contributed by atoms with Crippen LogP contribution in [0.1, 0.15) is 12.5 Å². The molecule has 1 aliphatic rings. The summed E-state index contributed by atoms with van der Waals surface area (Å²) in [4.78, 5) is 4.44. The van der Waals surface area contributed by atoms with Crippen LogP contribution in [0.15, 0.2) is 29.3 Å². The van der Waals surface area contributed by atoms with E-state index in [-0.39, 0.29) is 5.54 Å². The second-order valence-corrected chi connectivity index (χ2v) is 4.31. The van der Waals surface area contributed by atoms with E-state index in [1.807, 2.05) is 31.2 Å². The molecule has 1 aromatic carbocycles. The van der Waals surface area contributed by atoms with Crippen LogP contribution in [0.2, 0.25) is 5.02 Å². The average molecular weight is 225 g/mol. The molecule has 1 atom stereocenters. The summed E-state index contributed by atoms with van der Waals surface area (Å²) in [5, 5.41) is 0.719. The van der Waals surface area contributed by atoms with Crippen LogP contribution < -0.4 is 5.73 Å². The molecule has 2 N–H and O–H groups in total. The molecule has 15 heavy (non-hydrogen) atoms. The molecule has 3 nitrogen and oxygen atoms in total. The number of benzene rings is 1. The van der Waals surface area contributed by atoms with E-state index in [4.69, 9.17) is 22.1 Å². The summed E-state index contributed by atoms with van der Waals surface area (Å²) in [7, 11) is 0. The van der Waals surface area contributed by atoms with Crippen molar-refractivity contribution in [3.05, 3.63) is 34.9 Å². The van der Waals surface area contributed by atoms with E-state index in [9.17, 15) is 0 Å². The van der Waals surface area contributed by atoms with Crippen molar-refractivity contribution in [2.45, 2.75) is 12.5 Å². The Kier molecular flexibility index (Phi) is 2.67. The predicted octanol–water partition coefficient (Wildman–Crippen LogP) is 1.94. The maximum absolute atomic E-state index is 5.83. The smallest absolute Gasteiger partial charge is 0.121 e. The summed E-state index contributed by atoms with van der Waals surface area (Å²) >= 11 is 5.83. The topological polar surface area (TPSA) is 47.6 Å². The SMILES string of the molecule is CC1(c2ccc(Cl)cc2)COCC(N)=N1. The molecule has 1 aliphatic heterocycles. The van der Waals surface area contributed by atoms with Crippen molar-refractivity contribution < 1.29 is 4.74 Å². The number of nitrogens with zero attached hydrogens (tertiary/aromatic N) is 1. The van der Waals surface area contributed by atoms with Gasteiger partial charge < -0.3 is 10.5 Å². The molecule has 80 valence electrons. The lowest BCUT2D eigenvalue weighted by atomic mass is 9.93. The van der Waals surface area contributed by atoms with Gasteiger partial charge in [-0.25, -0.2) is 0 Å². The molecule has 0 aliphatic carbocycles. The van der Waals surface area contributed by atoms with Crippen LogP contribution in [-0.4, -0.2) is 19.0 Å². The van der Waals surface area contributed by atoms with Crippen molar-refractivity contribution in [2.24, 2.45) is 10.7 Å². The largest absolute Gasteiger partial charge is 0.386 e. The van der Waals surface area contributed by atoms with Gasteiger partial charge in [-0.05, 0) is 24.6 Å². The Labute approximate surface area is 93.9 Å². The Bertz CT molecular complexity index is 388. The van der Waals surface area contributed by atoms with Crippen molar-refractivity contribution >= 4 is 17.4 Å². The number of halogens is 1. The fraction of sp³-hybridized carbons (Fsp3) is 0.364. The Morgan fingerprint density at radius 1 is 1.40 bits per heavy atom. The maximum Gasteiger partial charge on any atom is 0.121 e. The third kappa shape index (κ3) is 2.13. The zero-order valence-electron chi connectivity index (χ0n) is 8.53. The van der Waals surface area contributed by atoms with Crippen LogP contribution in [0.3, 0.4) is 0 Å². The van der Waals surface area contributed by atoms with Gasteiger partial charge in [0.1, 0.15) is 18.0 Å². The second-order valence-electron chi connectivity index (χ2n) is 3.88. The third-order valence-electron chi connectivity index (χ3n) is 2.49. The highest BCUT2D eigenvalue weighted by Gasteiger charge is 2.29. The lowest BCUT2D eigenvalue weighted by Gasteiger charge is -2.30. The summed E-state index contributed by atoms with van der Waals surface area (Å²) in [6.45, 7) is 2.97. The first-order valence-electron chi connectivity index (χ1n) is 4.78. The number of hydrogen-bond donors (Lipinski definition) is 1. The number of nitrogens with two attached hydrogens (primary N) is 1. The van der Waals surface area contributed by atoms with Gasteiger partial charge in [0.15, 0.2) is 0 Å². The Morgan fingerprint density at radius 3 is 2.67 bits per heavy atom. The second kappa shape index (κ2) is 3.83. The first-order valence-corrected chi connectivity index (χ1v) is 5.16. The molecule has 0 spiro atoms. The first-order chi connectivity index (χ1) is 7.10. The van der Waals surface area contributed by atoms with E-state index in [1.54, 1.807) is 0 Å². The zero-order chi connectivity index (χ0) is 10.9. The highest BCUT2D eigenvalue weighted by atomic mass is 35.5. The van der Waals surface area contributed by atoms with Gasteiger partial charge in [0.2, 0.25) is 0 Å². The van der Waals surface area contributed by atoms with Crippen LogP contribution in [0.4, 0.5) is 0 Å². The molecule has 1 heterocycles. The monoisotopic (exact) mass is 224 g/mol. The first kappa shape index (κ1) is 10.5. The van der Waals surface area contributed by atoms with E-state index in [0.29, 0.717) is 19.0 Å². The van der Waals surface area contributed by atoms with Crippen molar-refractivity contribution in [1.82, 2.24) is 0 Å². The highest BCUT2D eigenvalue weighted by Crippen LogP contribution is 2.28. The van der Waals surface area contributed by atoms with Crippen LogP contribution in [0.25, 0.3) is 0 Å². The van der Waals surface area contributed by atoms with Crippen molar-refractivity contribution in [2.75, 3.05) is 13.2 Å². The zero-order valence-corrected chi connectivity index (χ0v) is 9.29. The van der Waals surface area contributed by atoms with Gasteiger partial charge in [0, 0.05) is 5.02 Å². The molecular weight excluding hydrogens is 212 g/mol. The molecule has 0 aromatic heterocycles. The summed E-state index contributed by atoms with van der Waals surface area (Å²) in [5.41, 5.74) is 6.36.